The smallest absolute Gasteiger partial charge is 0.243 e. The van der Waals surface area contributed by atoms with Crippen molar-refractivity contribution in [2.24, 2.45) is 11.8 Å². The molecular weight excluding hydrogens is 388 g/mol. The molecule has 0 fully saturated rings. The van der Waals surface area contributed by atoms with Crippen LogP contribution in [0.25, 0.3) is 0 Å². The summed E-state index contributed by atoms with van der Waals surface area (Å²) >= 11 is 0. The van der Waals surface area contributed by atoms with Crippen LogP contribution < -0.4 is 0 Å². The molecule has 30 heavy (non-hydrogen) atoms. The van der Waals surface area contributed by atoms with Gasteiger partial charge in [0, 0.05) is 49.1 Å². The fourth-order valence-corrected chi connectivity index (χ4v) is 4.00. The van der Waals surface area contributed by atoms with Crippen molar-refractivity contribution in [2.75, 3.05) is 19.6 Å². The molecule has 1 aromatic heterocycles. The van der Waals surface area contributed by atoms with Crippen molar-refractivity contribution in [3.63, 3.8) is 0 Å². The Labute approximate surface area is 176 Å². The van der Waals surface area contributed by atoms with E-state index < -0.39 is 17.7 Å². The number of rotatable bonds is 6. The van der Waals surface area contributed by atoms with Crippen LogP contribution in [0.15, 0.2) is 36.5 Å². The van der Waals surface area contributed by atoms with Crippen molar-refractivity contribution < 1.29 is 18.4 Å². The third-order valence-corrected chi connectivity index (χ3v) is 5.33. The van der Waals surface area contributed by atoms with Crippen molar-refractivity contribution in [1.29, 1.82) is 0 Å². The van der Waals surface area contributed by atoms with E-state index in [1.165, 1.54) is 12.1 Å². The molecular formula is C23H29F2N3O2. The van der Waals surface area contributed by atoms with Crippen molar-refractivity contribution in [3.8, 4) is 0 Å². The second-order valence-corrected chi connectivity index (χ2v) is 8.55. The molecule has 0 bridgehead atoms. The summed E-state index contributed by atoms with van der Waals surface area (Å²) in [7, 11) is 0. The number of aromatic nitrogens is 1. The highest BCUT2D eigenvalue weighted by Crippen LogP contribution is 2.34. The fraction of sp³-hybridized carbons (Fsp3) is 0.478. The first-order chi connectivity index (χ1) is 14.2. The number of hydrogen-bond acceptors (Lipinski definition) is 2. The quantitative estimate of drug-likeness (QED) is 0.717. The summed E-state index contributed by atoms with van der Waals surface area (Å²) in [6.07, 6.45) is 1.89. The number of amides is 2. The van der Waals surface area contributed by atoms with E-state index in [2.05, 4.69) is 0 Å². The molecule has 1 aliphatic rings. The van der Waals surface area contributed by atoms with Crippen LogP contribution in [0.3, 0.4) is 0 Å². The molecule has 162 valence electrons. The lowest BCUT2D eigenvalue weighted by Gasteiger charge is -2.39. The summed E-state index contributed by atoms with van der Waals surface area (Å²) in [5, 5.41) is 0. The van der Waals surface area contributed by atoms with Gasteiger partial charge in [0.1, 0.15) is 17.7 Å². The van der Waals surface area contributed by atoms with E-state index >= 15 is 0 Å². The zero-order chi connectivity index (χ0) is 22.0. The van der Waals surface area contributed by atoms with Gasteiger partial charge >= 0.3 is 0 Å². The SMILES string of the molecule is CC(C)CN(CC(=O)N1CCn2cccc2[C@H]1c1ccc(F)cc1F)C(=O)C(C)C. The first kappa shape index (κ1) is 22.0. The van der Waals surface area contributed by atoms with Gasteiger partial charge < -0.3 is 14.4 Å². The highest BCUT2D eigenvalue weighted by Gasteiger charge is 2.35. The van der Waals surface area contributed by atoms with E-state index in [-0.39, 0.29) is 35.8 Å². The summed E-state index contributed by atoms with van der Waals surface area (Å²) in [5.74, 6) is -1.69. The number of fused-ring (bicyclic) bond motifs is 1. The lowest BCUT2D eigenvalue weighted by molar-refractivity contribution is -0.144. The van der Waals surface area contributed by atoms with Crippen molar-refractivity contribution in [2.45, 2.75) is 40.3 Å². The predicted octanol–water partition coefficient (Wildman–Crippen LogP) is 3.84. The average molecular weight is 418 g/mol. The van der Waals surface area contributed by atoms with Gasteiger partial charge in [0.15, 0.2) is 0 Å². The molecule has 1 aliphatic heterocycles. The van der Waals surface area contributed by atoms with Crippen molar-refractivity contribution in [1.82, 2.24) is 14.4 Å². The van der Waals surface area contributed by atoms with Crippen LogP contribution >= 0.6 is 0 Å². The van der Waals surface area contributed by atoms with E-state index in [0.717, 1.165) is 11.8 Å². The van der Waals surface area contributed by atoms with E-state index in [1.807, 2.05) is 50.6 Å². The number of hydrogen-bond donors (Lipinski definition) is 0. The van der Waals surface area contributed by atoms with Gasteiger partial charge in [-0.25, -0.2) is 8.78 Å². The molecule has 3 rings (SSSR count). The van der Waals surface area contributed by atoms with Crippen LogP contribution in [0.4, 0.5) is 8.78 Å². The van der Waals surface area contributed by atoms with Crippen LogP contribution in [0.2, 0.25) is 0 Å². The lowest BCUT2D eigenvalue weighted by Crippen LogP contribution is -2.49. The zero-order valence-electron chi connectivity index (χ0n) is 17.9. The summed E-state index contributed by atoms with van der Waals surface area (Å²) in [5.41, 5.74) is 1.01. The molecule has 0 aliphatic carbocycles. The van der Waals surface area contributed by atoms with Gasteiger partial charge in [0.05, 0.1) is 6.54 Å². The molecule has 0 radical (unpaired) electrons. The lowest BCUT2D eigenvalue weighted by atomic mass is 9.99. The number of carbonyl (C=O) groups is 2. The molecule has 5 nitrogen and oxygen atoms in total. The maximum Gasteiger partial charge on any atom is 0.243 e. The molecule has 1 aromatic carbocycles. The zero-order valence-corrected chi connectivity index (χ0v) is 17.9. The van der Waals surface area contributed by atoms with Crippen LogP contribution in [-0.4, -0.2) is 45.8 Å². The Bertz CT molecular complexity index is 923. The highest BCUT2D eigenvalue weighted by atomic mass is 19.1. The first-order valence-electron chi connectivity index (χ1n) is 10.4. The van der Waals surface area contributed by atoms with E-state index in [4.69, 9.17) is 0 Å². The topological polar surface area (TPSA) is 45.6 Å². The minimum absolute atomic E-state index is 0.0603. The van der Waals surface area contributed by atoms with Gasteiger partial charge in [0.2, 0.25) is 11.8 Å². The number of halogens is 2. The van der Waals surface area contributed by atoms with Crippen LogP contribution in [0.5, 0.6) is 0 Å². The van der Waals surface area contributed by atoms with Crippen molar-refractivity contribution in [3.05, 3.63) is 59.4 Å². The molecule has 0 spiro atoms. The molecule has 0 unspecified atom stereocenters. The first-order valence-corrected chi connectivity index (χ1v) is 10.4. The van der Waals surface area contributed by atoms with E-state index in [1.54, 1.807) is 9.80 Å². The third-order valence-electron chi connectivity index (χ3n) is 5.33. The van der Waals surface area contributed by atoms with E-state index in [0.29, 0.717) is 19.6 Å². The molecule has 0 saturated carbocycles. The van der Waals surface area contributed by atoms with Gasteiger partial charge in [-0.3, -0.25) is 9.59 Å². The van der Waals surface area contributed by atoms with Gasteiger partial charge in [0.25, 0.3) is 0 Å². The molecule has 7 heteroatoms. The molecule has 2 amide bonds. The van der Waals surface area contributed by atoms with Gasteiger partial charge in [-0.2, -0.15) is 0 Å². The van der Waals surface area contributed by atoms with Gasteiger partial charge in [-0.05, 0) is 24.1 Å². The summed E-state index contributed by atoms with van der Waals surface area (Å²) < 4.78 is 30.2. The Balaban J connectivity index is 1.94. The Morgan fingerprint density at radius 1 is 1.13 bits per heavy atom. The third kappa shape index (κ3) is 4.55. The molecule has 2 heterocycles. The Kier molecular flexibility index (Phi) is 6.58. The summed E-state index contributed by atoms with van der Waals surface area (Å²) in [6, 6.07) is 6.47. The normalized spacial score (nSPS) is 16.1. The maximum atomic E-state index is 14.7. The standard InChI is InChI=1S/C23H29F2N3O2/c1-15(2)13-27(23(30)16(3)4)14-21(29)28-11-10-26-9-5-6-20(26)22(28)18-8-7-17(24)12-19(18)25/h5-9,12,15-16,22H,10-11,13-14H2,1-4H3/t22-/m1/s1. The van der Waals surface area contributed by atoms with Crippen LogP contribution in [0, 0.1) is 23.5 Å². The minimum Gasteiger partial charge on any atom is -0.348 e. The molecule has 2 aromatic rings. The largest absolute Gasteiger partial charge is 0.348 e. The van der Waals surface area contributed by atoms with E-state index in [9.17, 15) is 18.4 Å². The number of carbonyl (C=O) groups excluding carboxylic acids is 2. The summed E-state index contributed by atoms with van der Waals surface area (Å²) in [4.78, 5) is 29.2. The Morgan fingerprint density at radius 3 is 2.50 bits per heavy atom. The predicted molar refractivity (Wildman–Crippen MR) is 111 cm³/mol. The second kappa shape index (κ2) is 8.98. The fourth-order valence-electron chi connectivity index (χ4n) is 4.00. The van der Waals surface area contributed by atoms with Crippen molar-refractivity contribution >= 4 is 11.8 Å². The highest BCUT2D eigenvalue weighted by molar-refractivity contribution is 5.86. The maximum absolute atomic E-state index is 14.7. The minimum atomic E-state index is -0.690. The van der Waals surface area contributed by atoms with Gasteiger partial charge in [-0.1, -0.05) is 33.8 Å². The van der Waals surface area contributed by atoms with Gasteiger partial charge in [-0.15, -0.1) is 0 Å². The Hall–Kier alpha value is -2.70. The number of nitrogens with zero attached hydrogens (tertiary/aromatic N) is 3. The average Bonchev–Trinajstić information content (AvgIpc) is 3.14. The number of benzene rings is 1. The molecule has 0 N–H and O–H groups in total. The monoisotopic (exact) mass is 417 g/mol. The summed E-state index contributed by atoms with van der Waals surface area (Å²) in [6.45, 7) is 8.99. The Morgan fingerprint density at radius 2 is 1.87 bits per heavy atom. The van der Waals surface area contributed by atoms with Crippen LogP contribution in [-0.2, 0) is 16.1 Å². The molecule has 1 atom stereocenters. The van der Waals surface area contributed by atoms with Crippen LogP contribution in [0.1, 0.15) is 45.0 Å². The second-order valence-electron chi connectivity index (χ2n) is 8.55. The molecule has 0 saturated heterocycles.